The molecule has 1 amide bonds. The summed E-state index contributed by atoms with van der Waals surface area (Å²) in [5.41, 5.74) is 1.13. The lowest BCUT2D eigenvalue weighted by Gasteiger charge is -2.01. The van der Waals surface area contributed by atoms with Crippen molar-refractivity contribution in [2.45, 2.75) is 13.8 Å². The van der Waals surface area contributed by atoms with Crippen LogP contribution < -0.4 is 5.32 Å². The zero-order valence-corrected chi connectivity index (χ0v) is 11.0. The molecule has 0 fully saturated rings. The largest absolute Gasteiger partial charge is 0.306 e. The average molecular weight is 267 g/mol. The lowest BCUT2D eigenvalue weighted by molar-refractivity contribution is 0.103. The van der Waals surface area contributed by atoms with Crippen molar-refractivity contribution in [2.75, 3.05) is 5.32 Å². The van der Waals surface area contributed by atoms with E-state index in [1.54, 1.807) is 12.1 Å². The minimum Gasteiger partial charge on any atom is -0.306 e. The van der Waals surface area contributed by atoms with Crippen LogP contribution in [0.1, 0.15) is 20.1 Å². The molecule has 0 aliphatic carbocycles. The first-order valence-electron chi connectivity index (χ1n) is 5.06. The highest BCUT2D eigenvalue weighted by atomic mass is 35.5. The van der Waals surface area contributed by atoms with E-state index in [9.17, 15) is 4.79 Å². The van der Waals surface area contributed by atoms with Gasteiger partial charge >= 0.3 is 0 Å². The molecule has 0 aliphatic rings. The van der Waals surface area contributed by atoms with Gasteiger partial charge in [0.2, 0.25) is 0 Å². The number of aryl methyl sites for hydroxylation is 2. The minimum atomic E-state index is -0.138. The number of amides is 1. The molecule has 5 heteroatoms. The van der Waals surface area contributed by atoms with Crippen LogP contribution >= 0.6 is 22.9 Å². The first-order chi connectivity index (χ1) is 8.06. The molecule has 3 nitrogen and oxygen atoms in total. The van der Waals surface area contributed by atoms with E-state index in [-0.39, 0.29) is 5.91 Å². The normalized spacial score (nSPS) is 10.3. The molecule has 0 spiro atoms. The quantitative estimate of drug-likeness (QED) is 0.901. The van der Waals surface area contributed by atoms with Gasteiger partial charge in [0, 0.05) is 11.1 Å². The summed E-state index contributed by atoms with van der Waals surface area (Å²) < 4.78 is 0. The van der Waals surface area contributed by atoms with Crippen LogP contribution in [-0.4, -0.2) is 10.9 Å². The van der Waals surface area contributed by atoms with Gasteiger partial charge in [0.25, 0.3) is 5.91 Å². The van der Waals surface area contributed by atoms with E-state index in [0.29, 0.717) is 15.7 Å². The number of anilines is 1. The van der Waals surface area contributed by atoms with Crippen molar-refractivity contribution in [3.05, 3.63) is 44.7 Å². The maximum absolute atomic E-state index is 11.9. The molecule has 0 bridgehead atoms. The second-order valence-corrected chi connectivity index (χ2v) is 5.36. The zero-order chi connectivity index (χ0) is 12.4. The van der Waals surface area contributed by atoms with Crippen LogP contribution in [0.4, 0.5) is 5.82 Å². The van der Waals surface area contributed by atoms with Gasteiger partial charge in [-0.25, -0.2) is 4.98 Å². The summed E-state index contributed by atoms with van der Waals surface area (Å²) >= 11 is 7.20. The molecule has 2 aromatic heterocycles. The van der Waals surface area contributed by atoms with Crippen LogP contribution in [0, 0.1) is 13.8 Å². The van der Waals surface area contributed by atoms with Crippen molar-refractivity contribution in [1.29, 1.82) is 0 Å². The van der Waals surface area contributed by atoms with E-state index < -0.39 is 0 Å². The Morgan fingerprint density at radius 2 is 2.18 bits per heavy atom. The Morgan fingerprint density at radius 3 is 2.71 bits per heavy atom. The molecule has 17 heavy (non-hydrogen) atoms. The Kier molecular flexibility index (Phi) is 3.45. The molecule has 1 N–H and O–H groups in total. The Hall–Kier alpha value is -1.39. The molecular weight excluding hydrogens is 256 g/mol. The number of aromatic nitrogens is 1. The van der Waals surface area contributed by atoms with Crippen molar-refractivity contribution in [2.24, 2.45) is 0 Å². The van der Waals surface area contributed by atoms with Gasteiger partial charge in [0.05, 0.1) is 9.90 Å². The Bertz CT molecular complexity index is 529. The van der Waals surface area contributed by atoms with Gasteiger partial charge < -0.3 is 5.32 Å². The summed E-state index contributed by atoms with van der Waals surface area (Å²) in [5.74, 6) is 0.365. The fraction of sp³-hybridized carbons (Fsp3) is 0.167. The number of nitrogens with one attached hydrogen (secondary N) is 1. The fourth-order valence-electron chi connectivity index (χ4n) is 1.31. The Balaban J connectivity index is 2.14. The van der Waals surface area contributed by atoms with Gasteiger partial charge in [0.1, 0.15) is 5.82 Å². The third kappa shape index (κ3) is 2.84. The number of rotatable bonds is 2. The number of carbonyl (C=O) groups is 1. The standard InChI is InChI=1S/C12H11ClN2OS/c1-7-5-10(17-8(7)2)12(16)15-11-4-3-9(13)6-14-11/h3-6H,1-2H3,(H,14,15,16). The van der Waals surface area contributed by atoms with Gasteiger partial charge in [-0.15, -0.1) is 11.3 Å². The number of carbonyl (C=O) groups excluding carboxylic acids is 1. The van der Waals surface area contributed by atoms with E-state index in [1.807, 2.05) is 19.9 Å². The van der Waals surface area contributed by atoms with E-state index in [0.717, 1.165) is 10.4 Å². The summed E-state index contributed by atoms with van der Waals surface area (Å²) in [6, 6.07) is 5.24. The Morgan fingerprint density at radius 1 is 1.41 bits per heavy atom. The SMILES string of the molecule is Cc1cc(C(=O)Nc2ccc(Cl)cn2)sc1C. The van der Waals surface area contributed by atoms with Gasteiger partial charge in [-0.05, 0) is 37.6 Å². The van der Waals surface area contributed by atoms with Crippen LogP contribution in [0.5, 0.6) is 0 Å². The lowest BCUT2D eigenvalue weighted by Crippen LogP contribution is -2.11. The van der Waals surface area contributed by atoms with Crippen molar-refractivity contribution in [3.8, 4) is 0 Å². The second-order valence-electron chi connectivity index (χ2n) is 3.67. The predicted molar refractivity (Wildman–Crippen MR) is 71.0 cm³/mol. The van der Waals surface area contributed by atoms with Gasteiger partial charge in [-0.1, -0.05) is 11.6 Å². The molecule has 0 aliphatic heterocycles. The van der Waals surface area contributed by atoms with E-state index >= 15 is 0 Å². The van der Waals surface area contributed by atoms with Gasteiger partial charge in [-0.3, -0.25) is 4.79 Å². The van der Waals surface area contributed by atoms with Crippen molar-refractivity contribution in [3.63, 3.8) is 0 Å². The summed E-state index contributed by atoms with van der Waals surface area (Å²) in [4.78, 5) is 17.7. The first kappa shape index (κ1) is 12.1. The predicted octanol–water partition coefficient (Wildman–Crippen LogP) is 3.67. The smallest absolute Gasteiger partial charge is 0.266 e. The monoisotopic (exact) mass is 266 g/mol. The van der Waals surface area contributed by atoms with Crippen LogP contribution in [0.3, 0.4) is 0 Å². The third-order valence-corrected chi connectivity index (χ3v) is 3.73. The molecule has 0 saturated heterocycles. The van der Waals surface area contributed by atoms with Crippen LogP contribution in [0.15, 0.2) is 24.4 Å². The van der Waals surface area contributed by atoms with Crippen LogP contribution in [0.25, 0.3) is 0 Å². The lowest BCUT2D eigenvalue weighted by atomic mass is 10.3. The number of thiophene rings is 1. The molecule has 2 heterocycles. The second kappa shape index (κ2) is 4.85. The Labute approximate surface area is 108 Å². The molecule has 0 aromatic carbocycles. The van der Waals surface area contributed by atoms with Crippen molar-refractivity contribution >= 4 is 34.7 Å². The van der Waals surface area contributed by atoms with E-state index in [1.165, 1.54) is 17.5 Å². The maximum atomic E-state index is 11.9. The highest BCUT2D eigenvalue weighted by Gasteiger charge is 2.10. The fourth-order valence-corrected chi connectivity index (χ4v) is 2.35. The number of pyridine rings is 1. The highest BCUT2D eigenvalue weighted by molar-refractivity contribution is 7.14. The molecular formula is C12H11ClN2OS. The van der Waals surface area contributed by atoms with E-state index in [4.69, 9.17) is 11.6 Å². The molecule has 0 atom stereocenters. The summed E-state index contributed by atoms with van der Waals surface area (Å²) in [7, 11) is 0. The number of nitrogens with zero attached hydrogens (tertiary/aromatic N) is 1. The molecule has 88 valence electrons. The number of halogens is 1. The molecule has 2 rings (SSSR count). The average Bonchev–Trinajstić information content (AvgIpc) is 2.63. The van der Waals surface area contributed by atoms with Gasteiger partial charge in [-0.2, -0.15) is 0 Å². The van der Waals surface area contributed by atoms with Crippen LogP contribution in [-0.2, 0) is 0 Å². The number of hydrogen-bond acceptors (Lipinski definition) is 3. The minimum absolute atomic E-state index is 0.138. The number of hydrogen-bond donors (Lipinski definition) is 1. The van der Waals surface area contributed by atoms with Gasteiger partial charge in [0.15, 0.2) is 0 Å². The highest BCUT2D eigenvalue weighted by Crippen LogP contribution is 2.21. The summed E-state index contributed by atoms with van der Waals surface area (Å²) in [6.45, 7) is 3.99. The summed E-state index contributed by atoms with van der Waals surface area (Å²) in [5, 5.41) is 3.27. The third-order valence-electron chi connectivity index (χ3n) is 2.36. The zero-order valence-electron chi connectivity index (χ0n) is 9.45. The van der Waals surface area contributed by atoms with E-state index in [2.05, 4.69) is 10.3 Å². The molecule has 2 aromatic rings. The molecule has 0 radical (unpaired) electrons. The topological polar surface area (TPSA) is 42.0 Å². The molecule has 0 unspecified atom stereocenters. The van der Waals surface area contributed by atoms with Crippen molar-refractivity contribution in [1.82, 2.24) is 4.98 Å². The summed E-state index contributed by atoms with van der Waals surface area (Å²) in [6.07, 6.45) is 1.50. The maximum Gasteiger partial charge on any atom is 0.266 e. The van der Waals surface area contributed by atoms with Crippen LogP contribution in [0.2, 0.25) is 5.02 Å². The van der Waals surface area contributed by atoms with Crippen molar-refractivity contribution < 1.29 is 4.79 Å². The first-order valence-corrected chi connectivity index (χ1v) is 6.25. The molecule has 0 saturated carbocycles.